The molecule has 10 atom stereocenters. The quantitative estimate of drug-likeness (QED) is 0.0774. The number of hydrogen-bond donors (Lipinski definition) is 8. The van der Waals surface area contributed by atoms with Crippen LogP contribution in [0.2, 0.25) is 0 Å². The summed E-state index contributed by atoms with van der Waals surface area (Å²) in [5.41, 5.74) is 18.5. The highest BCUT2D eigenvalue weighted by Crippen LogP contribution is 2.33. The van der Waals surface area contributed by atoms with Crippen LogP contribution in [0.4, 0.5) is 11.6 Å². The van der Waals surface area contributed by atoms with Crippen molar-refractivity contribution in [2.45, 2.75) is 61.5 Å². The van der Waals surface area contributed by atoms with Crippen LogP contribution in [0.1, 0.15) is 18.9 Å². The number of anilines is 2. The molecular weight excluding hydrogens is 630 g/mol. The number of aliphatic hydroxyl groups is 5. The van der Waals surface area contributed by atoms with E-state index in [4.69, 9.17) is 31.8 Å². The number of nitrogens with zero attached hydrogens (tertiary/aromatic N) is 8. The Kier molecular flexibility index (Phi) is 10.1. The topological polar surface area (TPSA) is 325 Å². The van der Waals surface area contributed by atoms with E-state index in [0.717, 1.165) is 0 Å². The van der Waals surface area contributed by atoms with Gasteiger partial charge in [-0.15, -0.1) is 0 Å². The van der Waals surface area contributed by atoms with Gasteiger partial charge in [0, 0.05) is 12.5 Å². The number of ether oxygens (including phenoxy) is 2. The molecule has 1 unspecified atom stereocenters. The molecule has 0 radical (unpaired) electrons. The number of carbonyl (C=O) groups excluding carboxylic acids is 1. The molecule has 0 bridgehead atoms. The zero-order chi connectivity index (χ0) is 33.3. The van der Waals surface area contributed by atoms with Crippen molar-refractivity contribution < 1.29 is 44.9 Å². The molecule has 250 valence electrons. The van der Waals surface area contributed by atoms with Crippen LogP contribution in [0.25, 0.3) is 22.3 Å². The number of carboxylic acid groups (broad SMARTS) is 1. The van der Waals surface area contributed by atoms with Crippen molar-refractivity contribution >= 4 is 50.8 Å². The minimum Gasteiger partial charge on any atom is -0.548 e. The van der Waals surface area contributed by atoms with Gasteiger partial charge >= 0.3 is 0 Å². The molecule has 2 aliphatic heterocycles. The van der Waals surface area contributed by atoms with E-state index < -0.39 is 67.7 Å². The summed E-state index contributed by atoms with van der Waals surface area (Å²) in [6.45, 7) is -0.390. The Balaban J connectivity index is 0.000000192. The van der Waals surface area contributed by atoms with Crippen molar-refractivity contribution in [1.29, 1.82) is 0 Å². The number of carbonyl (C=O) groups is 1. The molecule has 21 heteroatoms. The molecule has 20 nitrogen and oxygen atoms in total. The zero-order valence-corrected chi connectivity index (χ0v) is 25.2. The molecule has 6 heterocycles. The fourth-order valence-corrected chi connectivity index (χ4v) is 6.79. The van der Waals surface area contributed by atoms with Crippen LogP contribution < -0.4 is 22.3 Å². The van der Waals surface area contributed by atoms with Gasteiger partial charge in [0.2, 0.25) is 0 Å². The first-order chi connectivity index (χ1) is 21.9. The van der Waals surface area contributed by atoms with Crippen LogP contribution in [0, 0.1) is 0 Å². The molecule has 2 saturated heterocycles. The van der Waals surface area contributed by atoms with Crippen molar-refractivity contribution in [3.8, 4) is 0 Å². The van der Waals surface area contributed by atoms with Gasteiger partial charge in [-0.3, -0.25) is 9.13 Å². The van der Waals surface area contributed by atoms with Crippen molar-refractivity contribution in [2.24, 2.45) is 5.73 Å². The molecule has 11 N–H and O–H groups in total. The van der Waals surface area contributed by atoms with Crippen molar-refractivity contribution in [2.75, 3.05) is 35.8 Å². The monoisotopic (exact) mass is 665 g/mol. The van der Waals surface area contributed by atoms with Gasteiger partial charge in [-0.25, -0.2) is 29.9 Å². The van der Waals surface area contributed by atoms with E-state index >= 15 is 0 Å². The van der Waals surface area contributed by atoms with Gasteiger partial charge in [0.1, 0.15) is 71.8 Å². The summed E-state index contributed by atoms with van der Waals surface area (Å²) in [6, 6.07) is -1.02. The molecule has 6 rings (SSSR count). The van der Waals surface area contributed by atoms with Crippen molar-refractivity contribution in [3.05, 3.63) is 25.3 Å². The highest BCUT2D eigenvalue weighted by atomic mass is 32.2. The molecule has 0 aliphatic carbocycles. The maximum absolute atomic E-state index is 10.7. The molecule has 2 aliphatic rings. The molecule has 46 heavy (non-hydrogen) atoms. The third-order valence-corrected chi connectivity index (χ3v) is 9.54. The summed E-state index contributed by atoms with van der Waals surface area (Å²) in [6.07, 6.45) is -0.257. The number of nitrogen functional groups attached to an aromatic ring is 2. The third kappa shape index (κ3) is 6.54. The predicted octanol–water partition coefficient (Wildman–Crippen LogP) is -5.24. The Morgan fingerprint density at radius 3 is 1.80 bits per heavy atom. The largest absolute Gasteiger partial charge is 0.548 e. The Hall–Kier alpha value is -3.80. The first kappa shape index (κ1) is 33.6. The predicted molar refractivity (Wildman–Crippen MR) is 159 cm³/mol. The van der Waals surface area contributed by atoms with E-state index in [-0.39, 0.29) is 29.0 Å². The van der Waals surface area contributed by atoms with Crippen molar-refractivity contribution in [3.63, 3.8) is 0 Å². The minimum absolute atomic E-state index is 0.211. The summed E-state index contributed by atoms with van der Waals surface area (Å²) < 4.78 is 14.2. The van der Waals surface area contributed by atoms with Gasteiger partial charge < -0.3 is 62.1 Å². The fraction of sp³-hybridized carbons (Fsp3) is 0.560. The van der Waals surface area contributed by atoms with Gasteiger partial charge in [-0.2, -0.15) is 0 Å². The van der Waals surface area contributed by atoms with Crippen LogP contribution in [-0.4, -0.2) is 138 Å². The molecule has 2 fully saturated rings. The average molecular weight is 666 g/mol. The lowest BCUT2D eigenvalue weighted by atomic mass is 10.1. The molecule has 4 aromatic heterocycles. The molecule has 0 saturated carbocycles. The van der Waals surface area contributed by atoms with Crippen LogP contribution in [0.15, 0.2) is 25.3 Å². The Morgan fingerprint density at radius 2 is 1.35 bits per heavy atom. The summed E-state index contributed by atoms with van der Waals surface area (Å²) >= 11 is 0. The number of aromatic nitrogens is 8. The summed E-state index contributed by atoms with van der Waals surface area (Å²) in [5.74, 6) is 0.157. The number of rotatable bonds is 9. The number of fused-ring (bicyclic) bond motifs is 2. The first-order valence-electron chi connectivity index (χ1n) is 14.0. The van der Waals surface area contributed by atoms with E-state index in [0.29, 0.717) is 33.8 Å². The molecule has 4 aromatic rings. The van der Waals surface area contributed by atoms with Crippen molar-refractivity contribution in [1.82, 2.24) is 39.0 Å². The second kappa shape index (κ2) is 13.9. The normalized spacial score (nSPS) is 29.1. The third-order valence-electron chi connectivity index (χ3n) is 7.71. The van der Waals surface area contributed by atoms with Gasteiger partial charge in [-0.1, -0.05) is 0 Å². The number of carboxylic acids is 1. The van der Waals surface area contributed by atoms with Gasteiger partial charge in [0.15, 0.2) is 35.4 Å². The van der Waals surface area contributed by atoms with Crippen LogP contribution in [-0.2, 0) is 25.2 Å². The lowest BCUT2D eigenvalue weighted by molar-refractivity contribution is -0.307. The van der Waals surface area contributed by atoms with Gasteiger partial charge in [-0.05, 0) is 10.9 Å². The second-order valence-corrected chi connectivity index (χ2v) is 13.1. The average Bonchev–Trinajstić information content (AvgIpc) is 3.79. The fourth-order valence-electron chi connectivity index (χ4n) is 5.13. The number of nitrogens with two attached hydrogens (primary N) is 3. The van der Waals surface area contributed by atoms with E-state index in [9.17, 15) is 30.3 Å². The maximum atomic E-state index is 10.7. The van der Waals surface area contributed by atoms with Gasteiger partial charge in [0.25, 0.3) is 0 Å². The summed E-state index contributed by atoms with van der Waals surface area (Å²) in [7, 11) is -0.263. The van der Waals surface area contributed by atoms with E-state index in [1.54, 1.807) is 0 Å². The standard InChI is InChI=1S/C15H22N6O5S.C10H13N5O4/c1-27(3-2-7(16)15(24)25)4-8-10(22)11(23)14(26-8)21-6-20-9-12(17)18-5-19-13(9)21;11-8-5-9(13-2-12-8)15(3-14-5)10-7(18)6(17)4(1-16)19-10/h5-8,10-11,14,22-23H,2-4,16H2,1H3,(H2-,17,18,19,24,25);2-4,6-7,10,16-18H,1H2,(H2,11,12,13)/t7-,8+,10+,11+,14+,27?;4-,6-,7-,10-/m01/s1. The van der Waals surface area contributed by atoms with Gasteiger partial charge in [0.05, 0.1) is 31.5 Å². The number of hydrogen-bond acceptors (Lipinski definition) is 18. The highest BCUT2D eigenvalue weighted by molar-refractivity contribution is 7.96. The number of aliphatic carboxylic acids is 1. The summed E-state index contributed by atoms with van der Waals surface area (Å²) in [4.78, 5) is 34.7. The number of imidazole rings is 2. The molecule has 0 spiro atoms. The SMILES string of the molecule is C[S+](CC[C@H](N)C(=O)[O-])C[C@H]1O[C@@H](n2cnc3c(N)ncnc32)[C@H](O)[C@@H]1O.Nc1ncnc2c1ncn2[C@@H]1O[C@H](CO)[C@@H](O)[C@H]1O. The Bertz CT molecular complexity index is 1660. The molecular formula is C25H35N11O9S. The van der Waals surface area contributed by atoms with Crippen LogP contribution in [0.3, 0.4) is 0 Å². The molecule has 0 aromatic carbocycles. The Labute approximate surface area is 263 Å². The smallest absolute Gasteiger partial charge is 0.167 e. The summed E-state index contributed by atoms with van der Waals surface area (Å²) in [5, 5.41) is 60.2. The lowest BCUT2D eigenvalue weighted by Crippen LogP contribution is -2.43. The zero-order valence-electron chi connectivity index (χ0n) is 24.4. The van der Waals surface area contributed by atoms with Crippen LogP contribution >= 0.6 is 0 Å². The lowest BCUT2D eigenvalue weighted by Gasteiger charge is -2.16. The van der Waals surface area contributed by atoms with E-state index in [1.807, 2.05) is 6.26 Å². The minimum atomic E-state index is -1.28. The molecule has 0 amide bonds. The second-order valence-electron chi connectivity index (χ2n) is 10.8. The first-order valence-corrected chi connectivity index (χ1v) is 16.0. The van der Waals surface area contributed by atoms with Crippen LogP contribution in [0.5, 0.6) is 0 Å². The highest BCUT2D eigenvalue weighted by Gasteiger charge is 2.47. The number of aliphatic hydroxyl groups excluding tert-OH is 5. The maximum Gasteiger partial charge on any atom is 0.167 e. The Morgan fingerprint density at radius 1 is 0.870 bits per heavy atom. The van der Waals surface area contributed by atoms with E-state index in [2.05, 4.69) is 29.9 Å². The van der Waals surface area contributed by atoms with E-state index in [1.165, 1.54) is 34.4 Å².